The Morgan fingerprint density at radius 1 is 1.29 bits per heavy atom. The summed E-state index contributed by atoms with van der Waals surface area (Å²) in [5.74, 6) is -1.31. The van der Waals surface area contributed by atoms with Gasteiger partial charge >= 0.3 is 12.0 Å². The number of nitrogens with one attached hydrogen (secondary N) is 2. The summed E-state index contributed by atoms with van der Waals surface area (Å²) in [5, 5.41) is 24.5. The molecule has 1 aromatic heterocycles. The molecule has 0 radical (unpaired) electrons. The number of nitrogens with zero attached hydrogens (tertiary/aromatic N) is 1. The first-order valence-electron chi connectivity index (χ1n) is 6.36. The molecule has 1 atom stereocenters. The number of aromatic nitrogens is 1. The number of pyridine rings is 1. The molecule has 2 aromatic rings. The van der Waals surface area contributed by atoms with Crippen LogP contribution < -0.4 is 10.6 Å². The van der Waals surface area contributed by atoms with Gasteiger partial charge in [0, 0.05) is 36.1 Å². The third kappa shape index (κ3) is 3.90. The van der Waals surface area contributed by atoms with Crippen molar-refractivity contribution in [2.45, 2.75) is 12.5 Å². The molecule has 0 fully saturated rings. The van der Waals surface area contributed by atoms with Crippen molar-refractivity contribution in [1.82, 2.24) is 10.3 Å². The molecule has 1 aromatic carbocycles. The number of benzene rings is 1. The lowest BCUT2D eigenvalue weighted by atomic mass is 10.1. The molecular formula is C14H15N3O4. The normalized spacial score (nSPS) is 11.9. The van der Waals surface area contributed by atoms with Crippen molar-refractivity contribution in [3.05, 3.63) is 36.7 Å². The summed E-state index contributed by atoms with van der Waals surface area (Å²) in [6.45, 7) is 0.0611. The summed E-state index contributed by atoms with van der Waals surface area (Å²) >= 11 is 0. The Morgan fingerprint density at radius 2 is 2.10 bits per heavy atom. The van der Waals surface area contributed by atoms with Crippen molar-refractivity contribution in [3.8, 4) is 0 Å². The molecule has 1 heterocycles. The molecule has 2 amide bonds. The lowest BCUT2D eigenvalue weighted by molar-refractivity contribution is -0.146. The molecule has 4 N–H and O–H groups in total. The largest absolute Gasteiger partial charge is 0.479 e. The van der Waals surface area contributed by atoms with Gasteiger partial charge in [-0.25, -0.2) is 9.59 Å². The van der Waals surface area contributed by atoms with Crippen LogP contribution in [0.1, 0.15) is 6.42 Å². The van der Waals surface area contributed by atoms with Crippen LogP contribution in [0.25, 0.3) is 10.8 Å². The maximum atomic E-state index is 11.7. The van der Waals surface area contributed by atoms with E-state index in [-0.39, 0.29) is 13.0 Å². The van der Waals surface area contributed by atoms with Gasteiger partial charge in [-0.05, 0) is 12.1 Å². The second kappa shape index (κ2) is 6.67. The van der Waals surface area contributed by atoms with E-state index in [4.69, 9.17) is 10.2 Å². The van der Waals surface area contributed by atoms with Crippen molar-refractivity contribution < 1.29 is 19.8 Å². The van der Waals surface area contributed by atoms with Gasteiger partial charge in [0.1, 0.15) is 0 Å². The van der Waals surface area contributed by atoms with Crippen LogP contribution in [0.5, 0.6) is 0 Å². The van der Waals surface area contributed by atoms with Crippen molar-refractivity contribution >= 4 is 28.5 Å². The van der Waals surface area contributed by atoms with E-state index in [9.17, 15) is 9.59 Å². The summed E-state index contributed by atoms with van der Waals surface area (Å²) in [7, 11) is 0. The zero-order chi connectivity index (χ0) is 15.2. The number of fused-ring (bicyclic) bond motifs is 1. The SMILES string of the molecule is O=C(NCCC(O)C(=O)O)Nc1cccc2cnccc12. The summed E-state index contributed by atoms with van der Waals surface area (Å²) in [6.07, 6.45) is 1.80. The van der Waals surface area contributed by atoms with Crippen molar-refractivity contribution in [1.29, 1.82) is 0 Å². The Labute approximate surface area is 120 Å². The van der Waals surface area contributed by atoms with Gasteiger partial charge < -0.3 is 20.8 Å². The van der Waals surface area contributed by atoms with E-state index < -0.39 is 18.1 Å². The third-order valence-corrected chi connectivity index (χ3v) is 2.92. The fourth-order valence-electron chi connectivity index (χ4n) is 1.84. The first kappa shape index (κ1) is 14.7. The van der Waals surface area contributed by atoms with Crippen LogP contribution in [0, 0.1) is 0 Å². The zero-order valence-corrected chi connectivity index (χ0v) is 11.1. The molecule has 0 saturated heterocycles. The molecule has 0 saturated carbocycles. The van der Waals surface area contributed by atoms with Crippen LogP contribution in [-0.2, 0) is 4.79 Å². The molecule has 7 nitrogen and oxygen atoms in total. The van der Waals surface area contributed by atoms with Crippen LogP contribution in [0.3, 0.4) is 0 Å². The van der Waals surface area contributed by atoms with Gasteiger partial charge in [-0.1, -0.05) is 12.1 Å². The number of anilines is 1. The summed E-state index contributed by atoms with van der Waals surface area (Å²) in [4.78, 5) is 26.2. The van der Waals surface area contributed by atoms with Gasteiger partial charge in [0.05, 0.1) is 5.69 Å². The van der Waals surface area contributed by atoms with Crippen LogP contribution in [-0.4, -0.2) is 39.8 Å². The van der Waals surface area contributed by atoms with Gasteiger partial charge in [0.2, 0.25) is 0 Å². The lowest BCUT2D eigenvalue weighted by Gasteiger charge is -2.10. The summed E-state index contributed by atoms with van der Waals surface area (Å²) in [6, 6.07) is 6.77. The highest BCUT2D eigenvalue weighted by atomic mass is 16.4. The molecule has 0 spiro atoms. The Bertz CT molecular complexity index is 654. The molecule has 0 aliphatic rings. The molecule has 7 heteroatoms. The number of rotatable bonds is 5. The molecule has 1 unspecified atom stereocenters. The average Bonchev–Trinajstić information content (AvgIpc) is 2.47. The molecule has 0 aliphatic heterocycles. The number of hydrogen-bond donors (Lipinski definition) is 4. The van der Waals surface area contributed by atoms with Crippen LogP contribution in [0.15, 0.2) is 36.7 Å². The smallest absolute Gasteiger partial charge is 0.332 e. The predicted octanol–water partition coefficient (Wildman–Crippen LogP) is 1.19. The van der Waals surface area contributed by atoms with Gasteiger partial charge in [-0.15, -0.1) is 0 Å². The number of aliphatic hydroxyl groups is 1. The molecule has 2 rings (SSSR count). The highest BCUT2D eigenvalue weighted by Crippen LogP contribution is 2.21. The predicted molar refractivity (Wildman–Crippen MR) is 77.0 cm³/mol. The second-order valence-electron chi connectivity index (χ2n) is 4.43. The molecule has 21 heavy (non-hydrogen) atoms. The summed E-state index contributed by atoms with van der Waals surface area (Å²) in [5.41, 5.74) is 0.631. The molecule has 0 bridgehead atoms. The maximum absolute atomic E-state index is 11.7. The van der Waals surface area contributed by atoms with Gasteiger partial charge in [0.15, 0.2) is 6.10 Å². The number of urea groups is 1. The average molecular weight is 289 g/mol. The number of aliphatic hydroxyl groups excluding tert-OH is 1. The third-order valence-electron chi connectivity index (χ3n) is 2.92. The van der Waals surface area contributed by atoms with Crippen molar-refractivity contribution in [2.75, 3.05) is 11.9 Å². The van der Waals surface area contributed by atoms with Crippen LogP contribution >= 0.6 is 0 Å². The number of carboxylic acids is 1. The fourth-order valence-corrected chi connectivity index (χ4v) is 1.84. The monoisotopic (exact) mass is 289 g/mol. The number of carboxylic acid groups (broad SMARTS) is 1. The molecule has 0 aliphatic carbocycles. The second-order valence-corrected chi connectivity index (χ2v) is 4.43. The Hall–Kier alpha value is -2.67. The Morgan fingerprint density at radius 3 is 2.86 bits per heavy atom. The summed E-state index contributed by atoms with van der Waals surface area (Å²) < 4.78 is 0. The Balaban J connectivity index is 1.94. The lowest BCUT2D eigenvalue weighted by Crippen LogP contribution is -2.33. The first-order chi connectivity index (χ1) is 10.1. The van der Waals surface area contributed by atoms with E-state index in [2.05, 4.69) is 15.6 Å². The quantitative estimate of drug-likeness (QED) is 0.660. The van der Waals surface area contributed by atoms with E-state index in [1.54, 1.807) is 30.6 Å². The first-order valence-corrected chi connectivity index (χ1v) is 6.36. The van der Waals surface area contributed by atoms with Gasteiger partial charge in [-0.3, -0.25) is 4.98 Å². The van der Waals surface area contributed by atoms with E-state index in [0.717, 1.165) is 10.8 Å². The van der Waals surface area contributed by atoms with Crippen molar-refractivity contribution in [2.24, 2.45) is 0 Å². The number of carbonyl (C=O) groups excluding carboxylic acids is 1. The number of carbonyl (C=O) groups is 2. The minimum absolute atomic E-state index is 0.0534. The number of hydrogen-bond acceptors (Lipinski definition) is 4. The zero-order valence-electron chi connectivity index (χ0n) is 11.1. The minimum atomic E-state index is -1.48. The van der Waals surface area contributed by atoms with Gasteiger partial charge in [-0.2, -0.15) is 0 Å². The van der Waals surface area contributed by atoms with E-state index in [0.29, 0.717) is 5.69 Å². The number of aliphatic carboxylic acids is 1. The highest BCUT2D eigenvalue weighted by Gasteiger charge is 2.13. The van der Waals surface area contributed by atoms with Crippen molar-refractivity contribution in [3.63, 3.8) is 0 Å². The number of amides is 2. The van der Waals surface area contributed by atoms with E-state index >= 15 is 0 Å². The van der Waals surface area contributed by atoms with E-state index in [1.807, 2.05) is 6.07 Å². The maximum Gasteiger partial charge on any atom is 0.332 e. The highest BCUT2D eigenvalue weighted by molar-refractivity contribution is 6.01. The van der Waals surface area contributed by atoms with E-state index in [1.165, 1.54) is 0 Å². The topological polar surface area (TPSA) is 112 Å². The molecular weight excluding hydrogens is 274 g/mol. The Kier molecular flexibility index (Phi) is 4.68. The van der Waals surface area contributed by atoms with Gasteiger partial charge in [0.25, 0.3) is 0 Å². The fraction of sp³-hybridized carbons (Fsp3) is 0.214. The van der Waals surface area contributed by atoms with Crippen LogP contribution in [0.2, 0.25) is 0 Å². The minimum Gasteiger partial charge on any atom is -0.479 e. The molecule has 110 valence electrons. The standard InChI is InChI=1S/C14H15N3O4/c18-12(13(19)20)5-7-16-14(21)17-11-3-1-2-9-8-15-6-4-10(9)11/h1-4,6,8,12,18H,5,7H2,(H,19,20)(H2,16,17,21). The van der Waals surface area contributed by atoms with Crippen LogP contribution in [0.4, 0.5) is 10.5 Å².